The van der Waals surface area contributed by atoms with E-state index < -0.39 is 0 Å². The van der Waals surface area contributed by atoms with Crippen molar-refractivity contribution in [3.05, 3.63) is 60.1 Å². The Morgan fingerprint density at radius 2 is 2.00 bits per heavy atom. The van der Waals surface area contributed by atoms with Gasteiger partial charge in [-0.3, -0.25) is 10.1 Å². The second-order valence-corrected chi connectivity index (χ2v) is 4.37. The molecule has 3 rings (SSSR count). The summed E-state index contributed by atoms with van der Waals surface area (Å²) in [6.07, 6.45) is 1.44. The van der Waals surface area contributed by atoms with Gasteiger partial charge >= 0.3 is 0 Å². The van der Waals surface area contributed by atoms with Crippen molar-refractivity contribution in [2.24, 2.45) is 0 Å². The number of amides is 1. The summed E-state index contributed by atoms with van der Waals surface area (Å²) < 4.78 is 10.1. The second kappa shape index (κ2) is 5.05. The first-order chi connectivity index (χ1) is 9.72. The van der Waals surface area contributed by atoms with Crippen LogP contribution in [0.2, 0.25) is 0 Å². The topological polar surface area (TPSA) is 68.3 Å². The molecule has 0 aliphatic rings. The molecule has 2 heterocycles. The molecule has 0 unspecified atom stereocenters. The van der Waals surface area contributed by atoms with Crippen molar-refractivity contribution in [3.63, 3.8) is 0 Å². The Labute approximate surface area is 115 Å². The molecule has 0 radical (unpaired) electrons. The summed E-state index contributed by atoms with van der Waals surface area (Å²) in [6, 6.07) is 12.8. The molecule has 20 heavy (non-hydrogen) atoms. The molecule has 0 aliphatic carbocycles. The van der Waals surface area contributed by atoms with E-state index in [4.69, 9.17) is 8.94 Å². The molecule has 1 amide bonds. The molecule has 0 spiro atoms. The minimum absolute atomic E-state index is 0.221. The molecule has 100 valence electrons. The van der Waals surface area contributed by atoms with Gasteiger partial charge in [0.1, 0.15) is 5.69 Å². The van der Waals surface area contributed by atoms with Gasteiger partial charge in [0.15, 0.2) is 5.76 Å². The maximum absolute atomic E-state index is 11.8. The molecular weight excluding hydrogens is 256 g/mol. The average molecular weight is 268 g/mol. The lowest BCUT2D eigenvalue weighted by Gasteiger charge is -1.96. The average Bonchev–Trinajstić information content (AvgIpc) is 3.10. The number of benzene rings is 1. The van der Waals surface area contributed by atoms with E-state index in [1.54, 1.807) is 18.2 Å². The van der Waals surface area contributed by atoms with Crippen molar-refractivity contribution in [3.8, 4) is 11.3 Å². The number of hydrogen-bond acceptors (Lipinski definition) is 4. The van der Waals surface area contributed by atoms with Crippen molar-refractivity contribution in [1.82, 2.24) is 5.16 Å². The predicted octanol–water partition coefficient (Wildman–Crippen LogP) is 3.50. The first-order valence-corrected chi connectivity index (χ1v) is 6.11. The predicted molar refractivity (Wildman–Crippen MR) is 73.3 cm³/mol. The standard InChI is InChI=1S/C15H12N2O3/c1-10-4-6-11(7-5-10)12-9-14(20-17-12)16-15(18)13-3-2-8-19-13/h2-9H,1H3,(H,16,18). The van der Waals surface area contributed by atoms with Crippen LogP contribution >= 0.6 is 0 Å². The minimum Gasteiger partial charge on any atom is -0.459 e. The number of hydrogen-bond donors (Lipinski definition) is 1. The van der Waals surface area contributed by atoms with Crippen LogP contribution in [-0.4, -0.2) is 11.1 Å². The summed E-state index contributed by atoms with van der Waals surface area (Å²) in [4.78, 5) is 11.8. The van der Waals surface area contributed by atoms with Crippen LogP contribution in [0.25, 0.3) is 11.3 Å². The van der Waals surface area contributed by atoms with Gasteiger partial charge in [0.2, 0.25) is 5.88 Å². The summed E-state index contributed by atoms with van der Waals surface area (Å²) in [5.74, 6) is 0.127. The van der Waals surface area contributed by atoms with E-state index in [0.29, 0.717) is 5.69 Å². The lowest BCUT2D eigenvalue weighted by atomic mass is 10.1. The Balaban J connectivity index is 1.77. The van der Waals surface area contributed by atoms with Crippen molar-refractivity contribution in [2.75, 3.05) is 5.32 Å². The van der Waals surface area contributed by atoms with Crippen LogP contribution in [0.1, 0.15) is 16.1 Å². The van der Waals surface area contributed by atoms with Gasteiger partial charge in [-0.1, -0.05) is 35.0 Å². The van der Waals surface area contributed by atoms with Crippen molar-refractivity contribution >= 4 is 11.8 Å². The van der Waals surface area contributed by atoms with Crippen LogP contribution in [0.4, 0.5) is 5.88 Å². The van der Waals surface area contributed by atoms with Gasteiger partial charge in [-0.2, -0.15) is 0 Å². The van der Waals surface area contributed by atoms with Gasteiger partial charge in [0, 0.05) is 11.6 Å². The molecule has 5 nitrogen and oxygen atoms in total. The third kappa shape index (κ3) is 2.47. The maximum Gasteiger partial charge on any atom is 0.293 e. The smallest absolute Gasteiger partial charge is 0.293 e. The number of carbonyl (C=O) groups is 1. The first-order valence-electron chi connectivity index (χ1n) is 6.11. The molecule has 0 bridgehead atoms. The summed E-state index contributed by atoms with van der Waals surface area (Å²) in [5.41, 5.74) is 2.76. The second-order valence-electron chi connectivity index (χ2n) is 4.37. The molecule has 0 saturated carbocycles. The van der Waals surface area contributed by atoms with Crippen molar-refractivity contribution < 1.29 is 13.7 Å². The van der Waals surface area contributed by atoms with Crippen LogP contribution in [-0.2, 0) is 0 Å². The summed E-state index contributed by atoms with van der Waals surface area (Å²) in [6.45, 7) is 2.02. The zero-order valence-electron chi connectivity index (χ0n) is 10.8. The highest BCUT2D eigenvalue weighted by Gasteiger charge is 2.12. The molecule has 0 saturated heterocycles. The third-order valence-corrected chi connectivity index (χ3v) is 2.84. The van der Waals surface area contributed by atoms with Gasteiger partial charge in [0.25, 0.3) is 5.91 Å². The quantitative estimate of drug-likeness (QED) is 0.789. The van der Waals surface area contributed by atoms with Gasteiger partial charge in [-0.05, 0) is 19.1 Å². The molecule has 0 atom stereocenters. The number of carbonyl (C=O) groups excluding carboxylic acids is 1. The number of anilines is 1. The fourth-order valence-corrected chi connectivity index (χ4v) is 1.78. The molecule has 1 aromatic carbocycles. The largest absolute Gasteiger partial charge is 0.459 e. The fraction of sp³-hybridized carbons (Fsp3) is 0.0667. The van der Waals surface area contributed by atoms with E-state index in [1.807, 2.05) is 31.2 Å². The molecular formula is C15H12N2O3. The Morgan fingerprint density at radius 1 is 1.20 bits per heavy atom. The molecule has 3 aromatic rings. The van der Waals surface area contributed by atoms with E-state index in [0.717, 1.165) is 5.56 Å². The number of aryl methyl sites for hydroxylation is 1. The Bertz CT molecular complexity index is 712. The van der Waals surface area contributed by atoms with Gasteiger partial charge in [-0.25, -0.2) is 0 Å². The van der Waals surface area contributed by atoms with E-state index in [1.165, 1.54) is 11.8 Å². The fourth-order valence-electron chi connectivity index (χ4n) is 1.78. The van der Waals surface area contributed by atoms with Crippen LogP contribution in [0.3, 0.4) is 0 Å². The number of nitrogens with zero attached hydrogens (tertiary/aromatic N) is 1. The van der Waals surface area contributed by atoms with Gasteiger partial charge in [-0.15, -0.1) is 0 Å². The third-order valence-electron chi connectivity index (χ3n) is 2.84. The number of nitrogens with one attached hydrogen (secondary N) is 1. The van der Waals surface area contributed by atoms with E-state index in [9.17, 15) is 4.79 Å². The highest BCUT2D eigenvalue weighted by molar-refractivity contribution is 6.01. The normalized spacial score (nSPS) is 10.4. The Hall–Kier alpha value is -2.82. The van der Waals surface area contributed by atoms with E-state index >= 15 is 0 Å². The van der Waals surface area contributed by atoms with Crippen molar-refractivity contribution in [1.29, 1.82) is 0 Å². The molecule has 2 aromatic heterocycles. The van der Waals surface area contributed by atoms with Gasteiger partial charge < -0.3 is 8.94 Å². The minimum atomic E-state index is -0.374. The number of aromatic nitrogens is 1. The lowest BCUT2D eigenvalue weighted by molar-refractivity contribution is 0.0993. The van der Waals surface area contributed by atoms with Crippen LogP contribution in [0.15, 0.2) is 57.7 Å². The zero-order valence-corrected chi connectivity index (χ0v) is 10.8. The Kier molecular flexibility index (Phi) is 3.09. The van der Waals surface area contributed by atoms with Crippen molar-refractivity contribution in [2.45, 2.75) is 6.92 Å². The lowest BCUT2D eigenvalue weighted by Crippen LogP contribution is -2.09. The maximum atomic E-state index is 11.8. The van der Waals surface area contributed by atoms with Crippen LogP contribution < -0.4 is 5.32 Å². The summed E-state index contributed by atoms with van der Waals surface area (Å²) >= 11 is 0. The summed E-state index contributed by atoms with van der Waals surface area (Å²) in [5, 5.41) is 6.51. The van der Waals surface area contributed by atoms with Gasteiger partial charge in [0.05, 0.1) is 6.26 Å². The summed E-state index contributed by atoms with van der Waals surface area (Å²) in [7, 11) is 0. The monoisotopic (exact) mass is 268 g/mol. The molecule has 0 fully saturated rings. The highest BCUT2D eigenvalue weighted by atomic mass is 16.5. The number of rotatable bonds is 3. The highest BCUT2D eigenvalue weighted by Crippen LogP contribution is 2.22. The molecule has 0 aliphatic heterocycles. The van der Waals surface area contributed by atoms with Crippen LogP contribution in [0, 0.1) is 6.92 Å². The first kappa shape index (κ1) is 12.2. The molecule has 1 N–H and O–H groups in total. The van der Waals surface area contributed by atoms with E-state index in [2.05, 4.69) is 10.5 Å². The molecule has 5 heteroatoms. The zero-order chi connectivity index (χ0) is 13.9. The number of furan rings is 1. The SMILES string of the molecule is Cc1ccc(-c2cc(NC(=O)c3ccco3)on2)cc1. The van der Waals surface area contributed by atoms with Crippen LogP contribution in [0.5, 0.6) is 0 Å². The Morgan fingerprint density at radius 3 is 2.70 bits per heavy atom. The van der Waals surface area contributed by atoms with E-state index in [-0.39, 0.29) is 17.6 Å².